The summed E-state index contributed by atoms with van der Waals surface area (Å²) in [7, 11) is 0. The van der Waals surface area contributed by atoms with Crippen molar-refractivity contribution in [2.24, 2.45) is 0 Å². The Labute approximate surface area is 396 Å². The second kappa shape index (κ2) is 52.7. The summed E-state index contributed by atoms with van der Waals surface area (Å²) in [4.78, 5) is 38.1. The van der Waals surface area contributed by atoms with Crippen molar-refractivity contribution in [1.29, 1.82) is 0 Å². The maximum atomic E-state index is 12.8. The second-order valence-electron chi connectivity index (χ2n) is 18.1. The fourth-order valence-electron chi connectivity index (χ4n) is 7.62. The van der Waals surface area contributed by atoms with Crippen molar-refractivity contribution in [3.05, 3.63) is 60.8 Å². The van der Waals surface area contributed by atoms with Crippen molar-refractivity contribution in [2.45, 2.75) is 277 Å². The quantitative estimate of drug-likeness (QED) is 0.0262. The maximum absolute atomic E-state index is 12.8. The number of unbranched alkanes of at least 4 members (excludes halogenated alkanes) is 28. The number of esters is 3. The standard InChI is InChI=1S/C58H102O6/c1-4-7-10-13-16-19-22-25-28-29-31-33-36-39-42-45-48-51-57(60)63-54-55(53-62-56(59)50-47-44-41-38-35-32-27-24-21-18-15-12-9-6-3)64-58(61)52-49-46-43-40-37-34-30-26-23-20-17-14-11-8-5-2/h8,11,17,20,24-28,30,55H,4-7,9-10,12-16,18-19,21-23,29,31-54H2,1-3H3/b11-8-,20-17-,27-24-,28-25-,30-26-. The lowest BCUT2D eigenvalue weighted by atomic mass is 10.1. The molecule has 0 bridgehead atoms. The van der Waals surface area contributed by atoms with Crippen molar-refractivity contribution in [2.75, 3.05) is 13.2 Å². The summed E-state index contributed by atoms with van der Waals surface area (Å²) in [6.07, 6.45) is 64.9. The van der Waals surface area contributed by atoms with E-state index in [0.29, 0.717) is 19.3 Å². The molecule has 6 nitrogen and oxygen atoms in total. The summed E-state index contributed by atoms with van der Waals surface area (Å²) in [5.74, 6) is -0.909. The molecule has 0 aromatic heterocycles. The van der Waals surface area contributed by atoms with E-state index in [-0.39, 0.29) is 31.1 Å². The molecule has 64 heavy (non-hydrogen) atoms. The predicted octanol–water partition coefficient (Wildman–Crippen LogP) is 18.0. The van der Waals surface area contributed by atoms with Crippen LogP contribution < -0.4 is 0 Å². The number of allylic oxidation sites excluding steroid dienone is 10. The van der Waals surface area contributed by atoms with Gasteiger partial charge < -0.3 is 14.2 Å². The van der Waals surface area contributed by atoms with Gasteiger partial charge in [0.25, 0.3) is 0 Å². The molecule has 0 heterocycles. The average Bonchev–Trinajstić information content (AvgIpc) is 3.29. The third-order valence-corrected chi connectivity index (χ3v) is 11.7. The Morgan fingerprint density at radius 1 is 0.328 bits per heavy atom. The van der Waals surface area contributed by atoms with E-state index >= 15 is 0 Å². The zero-order chi connectivity index (χ0) is 46.5. The van der Waals surface area contributed by atoms with Crippen LogP contribution in [0.1, 0.15) is 271 Å². The fraction of sp³-hybridized carbons (Fsp3) is 0.776. The van der Waals surface area contributed by atoms with Gasteiger partial charge in [0.2, 0.25) is 0 Å². The van der Waals surface area contributed by atoms with Gasteiger partial charge in [-0.25, -0.2) is 0 Å². The summed E-state index contributed by atoms with van der Waals surface area (Å²) < 4.78 is 16.8. The molecule has 0 radical (unpaired) electrons. The zero-order valence-electron chi connectivity index (χ0n) is 42.3. The van der Waals surface area contributed by atoms with Crippen LogP contribution in [-0.4, -0.2) is 37.2 Å². The van der Waals surface area contributed by atoms with Gasteiger partial charge in [-0.05, 0) is 103 Å². The third kappa shape index (κ3) is 50.1. The highest BCUT2D eigenvalue weighted by molar-refractivity contribution is 5.71. The van der Waals surface area contributed by atoms with Gasteiger partial charge in [-0.3, -0.25) is 14.4 Å². The molecule has 0 rings (SSSR count). The van der Waals surface area contributed by atoms with E-state index in [0.717, 1.165) is 103 Å². The number of carbonyl (C=O) groups excluding carboxylic acids is 3. The van der Waals surface area contributed by atoms with Crippen LogP contribution in [0.5, 0.6) is 0 Å². The molecule has 0 saturated heterocycles. The monoisotopic (exact) mass is 895 g/mol. The third-order valence-electron chi connectivity index (χ3n) is 11.7. The summed E-state index contributed by atoms with van der Waals surface area (Å²) >= 11 is 0. The van der Waals surface area contributed by atoms with Crippen molar-refractivity contribution in [3.63, 3.8) is 0 Å². The fourth-order valence-corrected chi connectivity index (χ4v) is 7.62. The molecule has 0 aromatic rings. The van der Waals surface area contributed by atoms with Gasteiger partial charge in [0.15, 0.2) is 6.10 Å². The molecular formula is C58H102O6. The van der Waals surface area contributed by atoms with Crippen LogP contribution in [-0.2, 0) is 28.6 Å². The molecule has 0 aliphatic heterocycles. The second-order valence-corrected chi connectivity index (χ2v) is 18.1. The highest BCUT2D eigenvalue weighted by Gasteiger charge is 2.19. The Morgan fingerprint density at radius 3 is 0.969 bits per heavy atom. The Morgan fingerprint density at radius 2 is 0.609 bits per heavy atom. The van der Waals surface area contributed by atoms with E-state index in [1.165, 1.54) is 128 Å². The van der Waals surface area contributed by atoms with Crippen LogP contribution in [0, 0.1) is 0 Å². The molecule has 0 aromatic carbocycles. The van der Waals surface area contributed by atoms with Gasteiger partial charge in [0.1, 0.15) is 13.2 Å². The summed E-state index contributed by atoms with van der Waals surface area (Å²) in [5.41, 5.74) is 0. The van der Waals surface area contributed by atoms with Gasteiger partial charge in [0.05, 0.1) is 0 Å². The highest BCUT2D eigenvalue weighted by atomic mass is 16.6. The van der Waals surface area contributed by atoms with Crippen LogP contribution in [0.3, 0.4) is 0 Å². The molecule has 0 spiro atoms. The maximum Gasteiger partial charge on any atom is 0.306 e. The largest absolute Gasteiger partial charge is 0.462 e. The van der Waals surface area contributed by atoms with E-state index < -0.39 is 6.10 Å². The molecule has 6 heteroatoms. The Bertz CT molecular complexity index is 1170. The lowest BCUT2D eigenvalue weighted by Crippen LogP contribution is -2.30. The minimum Gasteiger partial charge on any atom is -0.462 e. The van der Waals surface area contributed by atoms with Crippen molar-refractivity contribution in [1.82, 2.24) is 0 Å². The van der Waals surface area contributed by atoms with Crippen LogP contribution in [0.25, 0.3) is 0 Å². The van der Waals surface area contributed by atoms with E-state index in [9.17, 15) is 14.4 Å². The first-order valence-electron chi connectivity index (χ1n) is 27.3. The molecule has 370 valence electrons. The topological polar surface area (TPSA) is 78.9 Å². The molecule has 1 unspecified atom stereocenters. The average molecular weight is 895 g/mol. The van der Waals surface area contributed by atoms with Crippen LogP contribution in [0.2, 0.25) is 0 Å². The van der Waals surface area contributed by atoms with Crippen molar-refractivity contribution < 1.29 is 28.6 Å². The lowest BCUT2D eigenvalue weighted by molar-refractivity contribution is -0.167. The first-order valence-corrected chi connectivity index (χ1v) is 27.3. The number of rotatable bonds is 49. The SMILES string of the molecule is CC/C=C\C/C=C\C/C=C\CCCCCCCC(=O)OC(COC(=O)CCCCCCC/C=C\CCCCCCC)COC(=O)CCCCCCCCC/C=C\CCCCCCCC. The summed E-state index contributed by atoms with van der Waals surface area (Å²) in [6.45, 7) is 6.50. The van der Waals surface area contributed by atoms with Gasteiger partial charge >= 0.3 is 17.9 Å². The molecule has 0 fully saturated rings. The van der Waals surface area contributed by atoms with E-state index in [1.54, 1.807) is 0 Å². The molecule has 0 amide bonds. The van der Waals surface area contributed by atoms with E-state index in [2.05, 4.69) is 81.5 Å². The minimum atomic E-state index is -0.787. The lowest BCUT2D eigenvalue weighted by Gasteiger charge is -2.18. The highest BCUT2D eigenvalue weighted by Crippen LogP contribution is 2.14. The molecule has 0 N–H and O–H groups in total. The van der Waals surface area contributed by atoms with Crippen LogP contribution in [0.4, 0.5) is 0 Å². The Balaban J connectivity index is 4.41. The van der Waals surface area contributed by atoms with Crippen LogP contribution >= 0.6 is 0 Å². The van der Waals surface area contributed by atoms with Gasteiger partial charge in [-0.15, -0.1) is 0 Å². The molecular weight excluding hydrogens is 793 g/mol. The number of carbonyl (C=O) groups is 3. The first kappa shape index (κ1) is 61.1. The summed E-state index contributed by atoms with van der Waals surface area (Å²) in [5, 5.41) is 0. The van der Waals surface area contributed by atoms with Gasteiger partial charge in [-0.2, -0.15) is 0 Å². The van der Waals surface area contributed by atoms with E-state index in [1.807, 2.05) is 0 Å². The number of hydrogen-bond donors (Lipinski definition) is 0. The van der Waals surface area contributed by atoms with Crippen molar-refractivity contribution in [3.8, 4) is 0 Å². The van der Waals surface area contributed by atoms with Gasteiger partial charge in [0, 0.05) is 19.3 Å². The van der Waals surface area contributed by atoms with E-state index in [4.69, 9.17) is 14.2 Å². The number of hydrogen-bond acceptors (Lipinski definition) is 6. The van der Waals surface area contributed by atoms with Crippen molar-refractivity contribution >= 4 is 17.9 Å². The smallest absolute Gasteiger partial charge is 0.306 e. The van der Waals surface area contributed by atoms with Gasteiger partial charge in [-0.1, -0.05) is 210 Å². The minimum absolute atomic E-state index is 0.0855. The summed E-state index contributed by atoms with van der Waals surface area (Å²) in [6, 6.07) is 0. The number of ether oxygens (including phenoxy) is 3. The first-order chi connectivity index (χ1) is 31.5. The Kier molecular flexibility index (Phi) is 50.4. The molecule has 0 saturated carbocycles. The molecule has 0 aliphatic rings. The normalized spacial score (nSPS) is 12.5. The zero-order valence-corrected chi connectivity index (χ0v) is 42.3. The Hall–Kier alpha value is -2.89. The molecule has 1 atom stereocenters. The van der Waals surface area contributed by atoms with Crippen LogP contribution in [0.15, 0.2) is 60.8 Å². The predicted molar refractivity (Wildman–Crippen MR) is 275 cm³/mol. The molecule has 0 aliphatic carbocycles.